The van der Waals surface area contributed by atoms with E-state index in [0.717, 1.165) is 5.69 Å². The fraction of sp³-hybridized carbons (Fsp3) is 0.583. The molecular formula is C12H19N3O3S. The van der Waals surface area contributed by atoms with E-state index in [1.54, 1.807) is 0 Å². The summed E-state index contributed by atoms with van der Waals surface area (Å²) in [6.07, 6.45) is 1.09. The molecule has 0 aliphatic carbocycles. The van der Waals surface area contributed by atoms with Gasteiger partial charge in [0, 0.05) is 5.38 Å². The van der Waals surface area contributed by atoms with E-state index in [9.17, 15) is 9.59 Å². The number of aliphatic carboxylic acids is 1. The largest absolute Gasteiger partial charge is 0.480 e. The highest BCUT2D eigenvalue weighted by atomic mass is 32.1. The molecule has 19 heavy (non-hydrogen) atoms. The van der Waals surface area contributed by atoms with Crippen LogP contribution in [0.4, 0.5) is 9.93 Å². The fourth-order valence-corrected chi connectivity index (χ4v) is 2.31. The van der Waals surface area contributed by atoms with Gasteiger partial charge in [-0.05, 0) is 12.3 Å². The van der Waals surface area contributed by atoms with Crippen molar-refractivity contribution in [2.45, 2.75) is 45.6 Å². The van der Waals surface area contributed by atoms with Crippen LogP contribution in [0, 0.1) is 0 Å². The number of thiazole rings is 1. The van der Waals surface area contributed by atoms with Gasteiger partial charge in [-0.25, -0.2) is 14.6 Å². The van der Waals surface area contributed by atoms with Gasteiger partial charge in [-0.3, -0.25) is 5.32 Å². The Morgan fingerprint density at radius 3 is 2.63 bits per heavy atom. The molecule has 3 N–H and O–H groups in total. The lowest BCUT2D eigenvalue weighted by atomic mass is 10.2. The lowest BCUT2D eigenvalue weighted by molar-refractivity contribution is -0.139. The number of carbonyl (C=O) groups excluding carboxylic acids is 1. The monoisotopic (exact) mass is 285 g/mol. The maximum Gasteiger partial charge on any atom is 0.326 e. The molecule has 2 amide bonds. The summed E-state index contributed by atoms with van der Waals surface area (Å²) in [5, 5.41) is 16.3. The van der Waals surface area contributed by atoms with Crippen LogP contribution in [0.2, 0.25) is 0 Å². The number of rotatable bonds is 6. The van der Waals surface area contributed by atoms with Crippen LogP contribution < -0.4 is 10.6 Å². The van der Waals surface area contributed by atoms with Gasteiger partial charge in [-0.2, -0.15) is 0 Å². The number of nitrogens with zero attached hydrogens (tertiary/aromatic N) is 1. The zero-order valence-electron chi connectivity index (χ0n) is 11.3. The number of hydrogen-bond acceptors (Lipinski definition) is 4. The number of aromatic nitrogens is 1. The average Bonchev–Trinajstić information content (AvgIpc) is 2.76. The Morgan fingerprint density at radius 2 is 2.16 bits per heavy atom. The van der Waals surface area contributed by atoms with E-state index in [-0.39, 0.29) is 0 Å². The Kier molecular flexibility index (Phi) is 5.75. The Labute approximate surface area is 116 Å². The quantitative estimate of drug-likeness (QED) is 0.749. The zero-order chi connectivity index (χ0) is 14.4. The summed E-state index contributed by atoms with van der Waals surface area (Å²) in [4.78, 5) is 26.8. The third-order valence-corrected chi connectivity index (χ3v) is 3.29. The van der Waals surface area contributed by atoms with Crippen molar-refractivity contribution in [1.29, 1.82) is 0 Å². The van der Waals surface area contributed by atoms with Crippen molar-refractivity contribution in [3.05, 3.63) is 11.1 Å². The van der Waals surface area contributed by atoms with E-state index in [2.05, 4.69) is 15.6 Å². The van der Waals surface area contributed by atoms with Gasteiger partial charge >= 0.3 is 12.0 Å². The van der Waals surface area contributed by atoms with Gasteiger partial charge in [0.15, 0.2) is 5.13 Å². The number of amides is 2. The van der Waals surface area contributed by atoms with Crippen molar-refractivity contribution in [3.8, 4) is 0 Å². The first-order valence-corrected chi connectivity index (χ1v) is 7.07. The van der Waals surface area contributed by atoms with Gasteiger partial charge in [-0.1, -0.05) is 27.2 Å². The number of urea groups is 1. The molecule has 1 aromatic heterocycles. The Balaban J connectivity index is 2.56. The molecule has 1 aromatic rings. The summed E-state index contributed by atoms with van der Waals surface area (Å²) in [7, 11) is 0. The number of anilines is 1. The molecule has 1 heterocycles. The highest BCUT2D eigenvalue weighted by Gasteiger charge is 2.19. The number of carboxylic acids is 1. The summed E-state index contributed by atoms with van der Waals surface area (Å²) in [5.41, 5.74) is 0.906. The molecule has 0 fully saturated rings. The van der Waals surface area contributed by atoms with Gasteiger partial charge in [0.2, 0.25) is 0 Å². The van der Waals surface area contributed by atoms with Crippen molar-refractivity contribution in [3.63, 3.8) is 0 Å². The van der Waals surface area contributed by atoms with Crippen LogP contribution in [-0.4, -0.2) is 28.1 Å². The molecular weight excluding hydrogens is 266 g/mol. The van der Waals surface area contributed by atoms with Crippen LogP contribution in [0.5, 0.6) is 0 Å². The van der Waals surface area contributed by atoms with E-state index < -0.39 is 18.0 Å². The number of nitrogens with one attached hydrogen (secondary N) is 2. The molecule has 0 aliphatic heterocycles. The summed E-state index contributed by atoms with van der Waals surface area (Å²) in [6.45, 7) is 5.90. The molecule has 0 radical (unpaired) electrons. The Morgan fingerprint density at radius 1 is 1.47 bits per heavy atom. The standard InChI is InChI=1S/C12H19N3O3S/c1-4-5-8(10(16)17)13-11(18)15-12-14-9(6-19-12)7(2)3/h6-8H,4-5H2,1-3H3,(H,16,17)(H2,13,14,15,18)/t8-/m1/s1. The minimum Gasteiger partial charge on any atom is -0.480 e. The first-order valence-electron chi connectivity index (χ1n) is 6.19. The van der Waals surface area contributed by atoms with E-state index in [4.69, 9.17) is 5.11 Å². The van der Waals surface area contributed by atoms with Gasteiger partial charge in [0.25, 0.3) is 0 Å². The van der Waals surface area contributed by atoms with Crippen LogP contribution in [0.3, 0.4) is 0 Å². The second kappa shape index (κ2) is 7.08. The lowest BCUT2D eigenvalue weighted by Crippen LogP contribution is -2.42. The zero-order valence-corrected chi connectivity index (χ0v) is 12.1. The summed E-state index contributed by atoms with van der Waals surface area (Å²) >= 11 is 1.32. The summed E-state index contributed by atoms with van der Waals surface area (Å²) < 4.78 is 0. The Hall–Kier alpha value is -1.63. The van der Waals surface area contributed by atoms with Crippen molar-refractivity contribution in [2.24, 2.45) is 0 Å². The third kappa shape index (κ3) is 4.86. The van der Waals surface area contributed by atoms with Crippen LogP contribution in [0.1, 0.15) is 45.2 Å². The molecule has 0 aliphatic rings. The van der Waals surface area contributed by atoms with E-state index in [1.165, 1.54) is 11.3 Å². The third-order valence-electron chi connectivity index (χ3n) is 2.51. The molecule has 106 valence electrons. The highest BCUT2D eigenvalue weighted by Crippen LogP contribution is 2.21. The molecule has 1 atom stereocenters. The van der Waals surface area contributed by atoms with Crippen LogP contribution in [0.25, 0.3) is 0 Å². The minimum absolute atomic E-state index is 0.293. The average molecular weight is 285 g/mol. The maximum absolute atomic E-state index is 11.7. The number of carbonyl (C=O) groups is 2. The predicted octanol–water partition coefficient (Wildman–Crippen LogP) is 2.64. The molecule has 0 bridgehead atoms. The highest BCUT2D eigenvalue weighted by molar-refractivity contribution is 7.13. The molecule has 1 rings (SSSR count). The van der Waals surface area contributed by atoms with Crippen molar-refractivity contribution in [1.82, 2.24) is 10.3 Å². The van der Waals surface area contributed by atoms with Gasteiger partial charge < -0.3 is 10.4 Å². The Bertz CT molecular complexity index is 445. The topological polar surface area (TPSA) is 91.3 Å². The molecule has 0 unspecified atom stereocenters. The normalized spacial score (nSPS) is 12.2. The molecule has 6 nitrogen and oxygen atoms in total. The number of hydrogen-bond donors (Lipinski definition) is 3. The molecule has 0 spiro atoms. The van der Waals surface area contributed by atoms with Crippen LogP contribution in [0.15, 0.2) is 5.38 Å². The van der Waals surface area contributed by atoms with Gasteiger partial charge in [0.1, 0.15) is 6.04 Å². The van der Waals surface area contributed by atoms with Crippen molar-refractivity contribution >= 4 is 28.5 Å². The second-order valence-corrected chi connectivity index (χ2v) is 5.37. The first kappa shape index (κ1) is 15.4. The summed E-state index contributed by atoms with van der Waals surface area (Å²) in [5.74, 6) is -0.735. The minimum atomic E-state index is -1.03. The van der Waals surface area contributed by atoms with Crippen molar-refractivity contribution in [2.75, 3.05) is 5.32 Å². The van der Waals surface area contributed by atoms with Crippen molar-refractivity contribution < 1.29 is 14.7 Å². The maximum atomic E-state index is 11.7. The van der Waals surface area contributed by atoms with E-state index in [1.807, 2.05) is 26.2 Å². The van der Waals surface area contributed by atoms with E-state index in [0.29, 0.717) is 23.9 Å². The molecule has 0 aromatic carbocycles. The lowest BCUT2D eigenvalue weighted by Gasteiger charge is -2.13. The van der Waals surface area contributed by atoms with Crippen LogP contribution in [-0.2, 0) is 4.79 Å². The molecule has 0 saturated heterocycles. The van der Waals surface area contributed by atoms with Gasteiger partial charge in [0.05, 0.1) is 5.69 Å². The predicted molar refractivity (Wildman–Crippen MR) is 74.7 cm³/mol. The summed E-state index contributed by atoms with van der Waals surface area (Å²) in [6, 6.07) is -1.40. The van der Waals surface area contributed by atoms with E-state index >= 15 is 0 Å². The molecule has 0 saturated carbocycles. The smallest absolute Gasteiger partial charge is 0.326 e. The second-order valence-electron chi connectivity index (χ2n) is 4.51. The fourth-order valence-electron chi connectivity index (χ4n) is 1.45. The van der Waals surface area contributed by atoms with Crippen LogP contribution >= 0.6 is 11.3 Å². The van der Waals surface area contributed by atoms with Gasteiger partial charge in [-0.15, -0.1) is 11.3 Å². The SMILES string of the molecule is CCC[C@@H](NC(=O)Nc1nc(C(C)C)cs1)C(=O)O. The first-order chi connectivity index (χ1) is 8.93. The molecule has 7 heteroatoms. The number of carboxylic acid groups (broad SMARTS) is 1.